The van der Waals surface area contributed by atoms with Crippen LogP contribution in [-0.4, -0.2) is 43.0 Å². The minimum Gasteiger partial charge on any atom is -0.485 e. The molecule has 1 atom stereocenters. The van der Waals surface area contributed by atoms with Crippen LogP contribution in [0.3, 0.4) is 0 Å². The predicted molar refractivity (Wildman–Crippen MR) is 83.3 cm³/mol. The Morgan fingerprint density at radius 2 is 2.30 bits per heavy atom. The lowest BCUT2D eigenvalue weighted by Gasteiger charge is -2.43. The smallest absolute Gasteiger partial charge is 0.320 e. The molecule has 0 aromatic heterocycles. The van der Waals surface area contributed by atoms with Crippen molar-refractivity contribution in [1.29, 1.82) is 0 Å². The van der Waals surface area contributed by atoms with Crippen LogP contribution in [0.2, 0.25) is 0 Å². The number of hydrogen-bond acceptors (Lipinski definition) is 5. The minimum absolute atomic E-state index is 0.0296. The highest BCUT2D eigenvalue weighted by molar-refractivity contribution is 6.04. The summed E-state index contributed by atoms with van der Waals surface area (Å²) in [5, 5.41) is 0. The molecule has 5 nitrogen and oxygen atoms in total. The molecule has 0 aromatic carbocycles. The van der Waals surface area contributed by atoms with E-state index in [4.69, 9.17) is 9.47 Å². The van der Waals surface area contributed by atoms with Gasteiger partial charge in [0.05, 0.1) is 6.61 Å². The van der Waals surface area contributed by atoms with E-state index >= 15 is 0 Å². The van der Waals surface area contributed by atoms with Crippen LogP contribution in [0.1, 0.15) is 32.6 Å². The normalized spacial score (nSPS) is 26.3. The van der Waals surface area contributed by atoms with Crippen LogP contribution in [0.25, 0.3) is 0 Å². The van der Waals surface area contributed by atoms with E-state index < -0.39 is 11.9 Å². The monoisotopic (exact) mass is 315 g/mol. The number of esters is 1. The molecular weight excluding hydrogens is 294 g/mol. The maximum absolute atomic E-state index is 12.3. The Balaban J connectivity index is 1.82. The third-order valence-corrected chi connectivity index (χ3v) is 5.05. The van der Waals surface area contributed by atoms with E-state index in [1.54, 1.807) is 6.92 Å². The zero-order valence-corrected chi connectivity index (χ0v) is 13.4. The summed E-state index contributed by atoms with van der Waals surface area (Å²) in [6, 6.07) is 0. The summed E-state index contributed by atoms with van der Waals surface area (Å²) in [5.74, 6) is -0.607. The zero-order chi connectivity index (χ0) is 16.0. The van der Waals surface area contributed by atoms with Gasteiger partial charge in [0.25, 0.3) is 0 Å². The van der Waals surface area contributed by atoms with Gasteiger partial charge in [-0.1, -0.05) is 6.08 Å². The van der Waals surface area contributed by atoms with E-state index in [1.807, 2.05) is 0 Å². The van der Waals surface area contributed by atoms with E-state index in [0.29, 0.717) is 6.42 Å². The van der Waals surface area contributed by atoms with Crippen molar-refractivity contribution in [1.82, 2.24) is 4.90 Å². The maximum Gasteiger partial charge on any atom is 0.320 e. The fraction of sp³-hybridized carbons (Fsp3) is 0.556. The van der Waals surface area contributed by atoms with Gasteiger partial charge in [0.2, 0.25) is 0 Å². The molecule has 0 bridgehead atoms. The van der Waals surface area contributed by atoms with Gasteiger partial charge in [-0.05, 0) is 37.3 Å². The lowest BCUT2D eigenvalue weighted by atomic mass is 9.77. The summed E-state index contributed by atoms with van der Waals surface area (Å²) in [6.07, 6.45) is 5.94. The average molecular weight is 315 g/mol. The number of ether oxygens (including phenoxy) is 2. The number of allylic oxidation sites excluding steroid dienone is 2. The lowest BCUT2D eigenvalue weighted by Crippen LogP contribution is -2.41. The molecule has 0 N–H and O–H groups in total. The summed E-state index contributed by atoms with van der Waals surface area (Å²) >= 11 is 0. The average Bonchev–Trinajstić information content (AvgIpc) is 2.55. The van der Waals surface area contributed by atoms with E-state index in [0.717, 1.165) is 43.7 Å². The quantitative estimate of drug-likeness (QED) is 0.577. The van der Waals surface area contributed by atoms with Crippen LogP contribution >= 0.6 is 0 Å². The van der Waals surface area contributed by atoms with Crippen molar-refractivity contribution in [3.05, 3.63) is 34.3 Å². The standard InChI is InChI=1S/C18H21NO4/c1-2-22-18(21)15-13-9-11-5-3-7-19-8-4-6-12(16(11)19)17(13)23-10-14(15)20/h5,15H,2-4,6-10H2,1H3. The molecule has 5 heteroatoms. The van der Waals surface area contributed by atoms with Gasteiger partial charge in [0.15, 0.2) is 5.78 Å². The van der Waals surface area contributed by atoms with Gasteiger partial charge in [-0.25, -0.2) is 0 Å². The number of fused-ring (bicyclic) bond motifs is 1. The molecule has 0 amide bonds. The van der Waals surface area contributed by atoms with Crippen LogP contribution in [0.5, 0.6) is 0 Å². The fourth-order valence-electron chi connectivity index (χ4n) is 4.17. The van der Waals surface area contributed by atoms with Crippen LogP contribution in [0, 0.1) is 5.92 Å². The molecule has 1 unspecified atom stereocenters. The van der Waals surface area contributed by atoms with Crippen molar-refractivity contribution in [2.24, 2.45) is 5.92 Å². The minimum atomic E-state index is -0.786. The van der Waals surface area contributed by atoms with Crippen LogP contribution in [0.15, 0.2) is 34.3 Å². The molecule has 0 saturated heterocycles. The predicted octanol–water partition coefficient (Wildman–Crippen LogP) is 2.10. The first kappa shape index (κ1) is 14.5. The van der Waals surface area contributed by atoms with E-state index in [9.17, 15) is 9.59 Å². The lowest BCUT2D eigenvalue weighted by molar-refractivity contribution is -0.151. The van der Waals surface area contributed by atoms with Crippen molar-refractivity contribution in [2.45, 2.75) is 32.6 Å². The molecule has 3 aliphatic heterocycles. The Labute approximate surface area is 135 Å². The van der Waals surface area contributed by atoms with Crippen molar-refractivity contribution >= 4 is 11.8 Å². The summed E-state index contributed by atoms with van der Waals surface area (Å²) < 4.78 is 10.9. The molecule has 0 radical (unpaired) electrons. The van der Waals surface area contributed by atoms with Gasteiger partial charge in [-0.15, -0.1) is 0 Å². The zero-order valence-electron chi connectivity index (χ0n) is 13.4. The van der Waals surface area contributed by atoms with Crippen molar-refractivity contribution in [3.63, 3.8) is 0 Å². The number of carbonyl (C=O) groups is 2. The second-order valence-electron chi connectivity index (χ2n) is 6.41. The van der Waals surface area contributed by atoms with Crippen molar-refractivity contribution in [2.75, 3.05) is 26.3 Å². The molecule has 0 fully saturated rings. The molecule has 1 aliphatic carbocycles. The summed E-state index contributed by atoms with van der Waals surface area (Å²) in [7, 11) is 0. The maximum atomic E-state index is 12.3. The van der Waals surface area contributed by atoms with Gasteiger partial charge in [-0.3, -0.25) is 9.59 Å². The summed E-state index contributed by atoms with van der Waals surface area (Å²) in [4.78, 5) is 27.0. The SMILES string of the molecule is CCOC(=O)C1C(=O)COC2=C1CC1=CCCN3CCCC2=C13. The number of ketones is 1. The Kier molecular flexibility index (Phi) is 3.51. The fourth-order valence-corrected chi connectivity index (χ4v) is 4.17. The van der Waals surface area contributed by atoms with Crippen LogP contribution in [0.4, 0.5) is 0 Å². The molecule has 0 saturated carbocycles. The molecular formula is C18H21NO4. The topological polar surface area (TPSA) is 55.8 Å². The second kappa shape index (κ2) is 5.55. The van der Waals surface area contributed by atoms with E-state index in [2.05, 4.69) is 11.0 Å². The van der Waals surface area contributed by atoms with Crippen LogP contribution < -0.4 is 0 Å². The summed E-state index contributed by atoms with van der Waals surface area (Å²) in [6.45, 7) is 4.15. The highest BCUT2D eigenvalue weighted by atomic mass is 16.5. The van der Waals surface area contributed by atoms with Gasteiger partial charge in [0, 0.05) is 30.8 Å². The Hall–Kier alpha value is -2.04. The summed E-state index contributed by atoms with van der Waals surface area (Å²) in [5.41, 5.74) is 4.54. The van der Waals surface area contributed by atoms with Crippen molar-refractivity contribution in [3.8, 4) is 0 Å². The molecule has 23 heavy (non-hydrogen) atoms. The highest BCUT2D eigenvalue weighted by Gasteiger charge is 2.43. The molecule has 0 aromatic rings. The molecule has 122 valence electrons. The van der Waals surface area contributed by atoms with Crippen molar-refractivity contribution < 1.29 is 19.1 Å². The third-order valence-electron chi connectivity index (χ3n) is 5.05. The number of carbonyl (C=O) groups excluding carboxylic acids is 2. The molecule has 3 heterocycles. The molecule has 0 spiro atoms. The Morgan fingerprint density at radius 1 is 1.43 bits per heavy atom. The molecule has 4 rings (SSSR count). The first-order valence-electron chi connectivity index (χ1n) is 8.43. The second-order valence-corrected chi connectivity index (χ2v) is 6.41. The van der Waals surface area contributed by atoms with Gasteiger partial charge in [0.1, 0.15) is 18.3 Å². The number of rotatable bonds is 2. The first-order chi connectivity index (χ1) is 11.2. The molecule has 4 aliphatic rings. The Morgan fingerprint density at radius 3 is 3.13 bits per heavy atom. The van der Waals surface area contributed by atoms with Crippen LogP contribution in [-0.2, 0) is 19.1 Å². The van der Waals surface area contributed by atoms with E-state index in [-0.39, 0.29) is 19.0 Å². The van der Waals surface area contributed by atoms with Gasteiger partial charge < -0.3 is 14.4 Å². The van der Waals surface area contributed by atoms with Gasteiger partial charge >= 0.3 is 5.97 Å². The highest BCUT2D eigenvalue weighted by Crippen LogP contribution is 2.46. The number of nitrogens with zero attached hydrogens (tertiary/aromatic N) is 1. The third kappa shape index (κ3) is 2.21. The Bertz CT molecular complexity index is 671. The largest absolute Gasteiger partial charge is 0.485 e. The number of Topliss-reactive ketones (excluding diaryl/α,β-unsaturated/α-hetero) is 1. The number of hydrogen-bond donors (Lipinski definition) is 0. The van der Waals surface area contributed by atoms with Gasteiger partial charge in [-0.2, -0.15) is 0 Å². The van der Waals surface area contributed by atoms with E-state index in [1.165, 1.54) is 16.8 Å². The first-order valence-corrected chi connectivity index (χ1v) is 8.43.